The van der Waals surface area contributed by atoms with E-state index in [1.165, 1.54) is 49.7 Å². The highest BCUT2D eigenvalue weighted by molar-refractivity contribution is 6.30. The highest BCUT2D eigenvalue weighted by Crippen LogP contribution is 2.44. The third-order valence-corrected chi connectivity index (χ3v) is 6.78. The second kappa shape index (κ2) is 9.25. The number of hydrogen-bond donors (Lipinski definition) is 0. The molecule has 0 bridgehead atoms. The summed E-state index contributed by atoms with van der Waals surface area (Å²) in [5, 5.41) is 3.21. The predicted molar refractivity (Wildman–Crippen MR) is 151 cm³/mol. The molecule has 0 saturated carbocycles. The summed E-state index contributed by atoms with van der Waals surface area (Å²) in [6.45, 7) is 0. The molecule has 0 radical (unpaired) electrons. The zero-order valence-corrected chi connectivity index (χ0v) is 19.9. The summed E-state index contributed by atoms with van der Waals surface area (Å²) < 4.78 is 0. The summed E-state index contributed by atoms with van der Waals surface area (Å²) in [5.41, 5.74) is 9.66. The van der Waals surface area contributed by atoms with Crippen molar-refractivity contribution in [2.45, 2.75) is 0 Å². The highest BCUT2D eigenvalue weighted by Gasteiger charge is 2.17. The Morgan fingerprint density at radius 1 is 0.371 bits per heavy atom. The molecule has 0 N–H and O–H groups in total. The van der Waals surface area contributed by atoms with Gasteiger partial charge in [0.2, 0.25) is 0 Å². The van der Waals surface area contributed by atoms with E-state index in [4.69, 9.17) is 11.6 Å². The van der Waals surface area contributed by atoms with E-state index in [9.17, 15) is 0 Å². The zero-order chi connectivity index (χ0) is 23.6. The maximum absolute atomic E-state index is 6.28. The van der Waals surface area contributed by atoms with E-state index >= 15 is 0 Å². The van der Waals surface area contributed by atoms with E-state index in [0.29, 0.717) is 0 Å². The van der Waals surface area contributed by atoms with Crippen molar-refractivity contribution in [1.29, 1.82) is 0 Å². The van der Waals surface area contributed by atoms with Gasteiger partial charge in [0.15, 0.2) is 0 Å². The van der Waals surface area contributed by atoms with Gasteiger partial charge in [-0.25, -0.2) is 0 Å². The normalized spacial score (nSPS) is 11.0. The molecule has 0 unspecified atom stereocenters. The van der Waals surface area contributed by atoms with Crippen molar-refractivity contribution in [1.82, 2.24) is 0 Å². The molecule has 0 aromatic heterocycles. The fourth-order valence-corrected chi connectivity index (χ4v) is 5.01. The average molecular weight is 467 g/mol. The van der Waals surface area contributed by atoms with Gasteiger partial charge in [-0.2, -0.15) is 0 Å². The summed E-state index contributed by atoms with van der Waals surface area (Å²) in [5.74, 6) is 0. The molecule has 1 heteroatoms. The number of halogens is 1. The van der Waals surface area contributed by atoms with Gasteiger partial charge in [-0.1, -0.05) is 127 Å². The van der Waals surface area contributed by atoms with Crippen LogP contribution in [0.1, 0.15) is 0 Å². The first-order valence-electron chi connectivity index (χ1n) is 11.8. The molecule has 0 atom stereocenters. The van der Waals surface area contributed by atoms with Crippen LogP contribution in [0.25, 0.3) is 55.3 Å². The van der Waals surface area contributed by atoms with Crippen molar-refractivity contribution < 1.29 is 0 Å². The van der Waals surface area contributed by atoms with Crippen LogP contribution in [0.5, 0.6) is 0 Å². The van der Waals surface area contributed by atoms with E-state index in [-0.39, 0.29) is 0 Å². The summed E-state index contributed by atoms with van der Waals surface area (Å²) in [6.07, 6.45) is 0. The second-order valence-electron chi connectivity index (χ2n) is 8.72. The first-order valence-corrected chi connectivity index (χ1v) is 12.2. The van der Waals surface area contributed by atoms with Crippen LogP contribution >= 0.6 is 11.6 Å². The Hall–Kier alpha value is -4.13. The lowest BCUT2D eigenvalue weighted by Gasteiger charge is -2.19. The Kier molecular flexibility index (Phi) is 5.66. The van der Waals surface area contributed by atoms with Crippen LogP contribution in [0.3, 0.4) is 0 Å². The van der Waals surface area contributed by atoms with E-state index in [0.717, 1.165) is 10.6 Å². The Balaban J connectivity index is 1.75. The maximum atomic E-state index is 6.28. The molecule has 0 aliphatic carbocycles. The first kappa shape index (κ1) is 21.4. The van der Waals surface area contributed by atoms with Gasteiger partial charge in [0.25, 0.3) is 0 Å². The number of benzene rings is 6. The Bertz CT molecular complexity index is 1600. The molecule has 0 aliphatic heterocycles. The number of fused-ring (bicyclic) bond motifs is 1. The quantitative estimate of drug-likeness (QED) is 0.242. The molecule has 166 valence electrons. The zero-order valence-electron chi connectivity index (χ0n) is 19.2. The van der Waals surface area contributed by atoms with E-state index < -0.39 is 0 Å². The van der Waals surface area contributed by atoms with Gasteiger partial charge in [0.1, 0.15) is 0 Å². The number of hydrogen-bond acceptors (Lipinski definition) is 0. The smallest absolute Gasteiger partial charge is 0.0406 e. The third-order valence-electron chi connectivity index (χ3n) is 6.53. The van der Waals surface area contributed by atoms with E-state index in [1.54, 1.807) is 0 Å². The Morgan fingerprint density at radius 3 is 1.54 bits per heavy atom. The van der Waals surface area contributed by atoms with Gasteiger partial charge in [0, 0.05) is 5.02 Å². The molecular formula is C34H23Cl. The molecular weight excluding hydrogens is 444 g/mol. The van der Waals surface area contributed by atoms with Gasteiger partial charge in [-0.15, -0.1) is 0 Å². The maximum Gasteiger partial charge on any atom is 0.0406 e. The highest BCUT2D eigenvalue weighted by atomic mass is 35.5. The van der Waals surface area contributed by atoms with Crippen molar-refractivity contribution in [3.63, 3.8) is 0 Å². The van der Waals surface area contributed by atoms with Crippen LogP contribution in [0, 0.1) is 0 Å². The summed E-state index contributed by atoms with van der Waals surface area (Å²) in [6, 6.07) is 49.3. The van der Waals surface area contributed by atoms with Crippen molar-refractivity contribution in [3.8, 4) is 44.5 Å². The van der Waals surface area contributed by atoms with Gasteiger partial charge in [-0.3, -0.25) is 0 Å². The van der Waals surface area contributed by atoms with Gasteiger partial charge in [-0.05, 0) is 79.5 Å². The van der Waals surface area contributed by atoms with Crippen molar-refractivity contribution in [2.75, 3.05) is 0 Å². The molecule has 0 fully saturated rings. The molecule has 0 nitrogen and oxygen atoms in total. The Morgan fingerprint density at radius 2 is 0.914 bits per heavy atom. The standard InChI is InChI=1S/C34H23Cl/c35-30-19-16-26(17-20-30)32-23-29(24-10-4-1-5-11-24)22-28-18-21-31(25-12-6-2-7-13-25)33(34(28)32)27-14-8-3-9-15-27/h1-23H. The van der Waals surface area contributed by atoms with Crippen LogP contribution < -0.4 is 0 Å². The SMILES string of the molecule is Clc1ccc(-c2cc(-c3ccccc3)cc3ccc(-c4ccccc4)c(-c4ccccc4)c23)cc1. The molecule has 35 heavy (non-hydrogen) atoms. The van der Waals surface area contributed by atoms with Crippen molar-refractivity contribution in [3.05, 3.63) is 145 Å². The monoisotopic (exact) mass is 466 g/mol. The minimum atomic E-state index is 0.741. The van der Waals surface area contributed by atoms with Gasteiger partial charge >= 0.3 is 0 Å². The molecule has 0 aliphatic rings. The predicted octanol–water partition coefficient (Wildman–Crippen LogP) is 10.2. The van der Waals surface area contributed by atoms with Crippen LogP contribution in [0.15, 0.2) is 140 Å². The summed E-state index contributed by atoms with van der Waals surface area (Å²) >= 11 is 6.28. The van der Waals surface area contributed by atoms with E-state index in [2.05, 4.69) is 127 Å². The average Bonchev–Trinajstić information content (AvgIpc) is 2.94. The summed E-state index contributed by atoms with van der Waals surface area (Å²) in [7, 11) is 0. The van der Waals surface area contributed by atoms with Crippen LogP contribution in [-0.2, 0) is 0 Å². The molecule has 0 heterocycles. The lowest BCUT2D eigenvalue weighted by molar-refractivity contribution is 1.59. The molecule has 0 spiro atoms. The van der Waals surface area contributed by atoms with Crippen molar-refractivity contribution >= 4 is 22.4 Å². The fourth-order valence-electron chi connectivity index (χ4n) is 4.88. The van der Waals surface area contributed by atoms with Crippen molar-refractivity contribution in [2.24, 2.45) is 0 Å². The van der Waals surface area contributed by atoms with Crippen LogP contribution in [0.2, 0.25) is 5.02 Å². The molecule has 6 aromatic carbocycles. The van der Waals surface area contributed by atoms with E-state index in [1.807, 2.05) is 12.1 Å². The second-order valence-corrected chi connectivity index (χ2v) is 9.15. The van der Waals surface area contributed by atoms with Gasteiger partial charge < -0.3 is 0 Å². The fraction of sp³-hybridized carbons (Fsp3) is 0. The van der Waals surface area contributed by atoms with Crippen LogP contribution in [0.4, 0.5) is 0 Å². The Labute approximate surface area is 211 Å². The largest absolute Gasteiger partial charge is 0.0843 e. The number of rotatable bonds is 4. The van der Waals surface area contributed by atoms with Crippen LogP contribution in [-0.4, -0.2) is 0 Å². The molecule has 6 aromatic rings. The van der Waals surface area contributed by atoms with Gasteiger partial charge in [0.05, 0.1) is 0 Å². The molecule has 6 rings (SSSR count). The summed E-state index contributed by atoms with van der Waals surface area (Å²) in [4.78, 5) is 0. The molecule has 0 amide bonds. The minimum absolute atomic E-state index is 0.741. The third kappa shape index (κ3) is 4.14. The lowest BCUT2D eigenvalue weighted by atomic mass is 9.84. The molecule has 0 saturated heterocycles. The first-order chi connectivity index (χ1) is 17.3. The minimum Gasteiger partial charge on any atom is -0.0843 e. The topological polar surface area (TPSA) is 0 Å². The lowest BCUT2D eigenvalue weighted by Crippen LogP contribution is -1.92.